The van der Waals surface area contributed by atoms with Gasteiger partial charge in [0.1, 0.15) is 24.4 Å². The van der Waals surface area contributed by atoms with E-state index < -0.39 is 0 Å². The fourth-order valence-corrected chi connectivity index (χ4v) is 4.80. The van der Waals surface area contributed by atoms with Crippen LogP contribution in [0.3, 0.4) is 0 Å². The molecule has 0 aliphatic rings. The van der Waals surface area contributed by atoms with Crippen LogP contribution in [0, 0.1) is 18.8 Å². The van der Waals surface area contributed by atoms with Crippen molar-refractivity contribution in [3.8, 4) is 23.3 Å². The monoisotopic (exact) mass is 458 g/mol. The molecule has 0 unspecified atom stereocenters. The van der Waals surface area contributed by atoms with E-state index in [0.29, 0.717) is 6.61 Å². The van der Waals surface area contributed by atoms with E-state index in [1.165, 1.54) is 0 Å². The van der Waals surface area contributed by atoms with Gasteiger partial charge >= 0.3 is 0 Å². The lowest BCUT2D eigenvalue weighted by Gasteiger charge is -2.12. The number of hydrogen-bond acceptors (Lipinski definition) is 8. The van der Waals surface area contributed by atoms with Crippen molar-refractivity contribution in [2.45, 2.75) is 6.92 Å². The molecular formula is C24H18N4O2S2. The molecule has 0 atom stereocenters. The number of nitrogens with zero attached hydrogens (tertiary/aromatic N) is 3. The largest absolute Gasteiger partial charge is 0.457 e. The lowest BCUT2D eigenvalue weighted by Crippen LogP contribution is -1.96. The number of rotatable bonds is 5. The van der Waals surface area contributed by atoms with Crippen LogP contribution in [0.2, 0.25) is 0 Å². The fraction of sp³-hybridized carbons (Fsp3) is 0.125. The van der Waals surface area contributed by atoms with Crippen molar-refractivity contribution in [2.75, 3.05) is 19.0 Å². The fourth-order valence-electron chi connectivity index (χ4n) is 3.21. The van der Waals surface area contributed by atoms with E-state index in [1.54, 1.807) is 36.1 Å². The summed E-state index contributed by atoms with van der Waals surface area (Å²) in [5.41, 5.74) is 5.58. The van der Waals surface area contributed by atoms with Crippen LogP contribution >= 0.6 is 22.7 Å². The molecule has 0 saturated heterocycles. The quantitative estimate of drug-likeness (QED) is 0.319. The average Bonchev–Trinajstić information content (AvgIpc) is 3.42. The number of nitrogens with one attached hydrogen (secondary N) is 1. The minimum atomic E-state index is 0.399. The van der Waals surface area contributed by atoms with Gasteiger partial charge in [-0.15, -0.1) is 22.7 Å². The Morgan fingerprint density at radius 1 is 1.03 bits per heavy atom. The van der Waals surface area contributed by atoms with E-state index in [0.717, 1.165) is 53.9 Å². The number of thiophene rings is 1. The molecule has 0 amide bonds. The SMILES string of the molecule is COCC#Cc1cc2ncnc(Nc3ccc(Oc4ccc5scnc5c4)c(C)c3)c2s1. The third kappa shape index (κ3) is 4.27. The van der Waals surface area contributed by atoms with Crippen LogP contribution in [0.1, 0.15) is 10.4 Å². The average molecular weight is 459 g/mol. The number of hydrogen-bond donors (Lipinski definition) is 1. The van der Waals surface area contributed by atoms with Gasteiger partial charge in [-0.2, -0.15) is 0 Å². The Morgan fingerprint density at radius 3 is 2.84 bits per heavy atom. The van der Waals surface area contributed by atoms with E-state index in [-0.39, 0.29) is 0 Å². The van der Waals surface area contributed by atoms with Gasteiger partial charge < -0.3 is 14.8 Å². The van der Waals surface area contributed by atoms with Crippen molar-refractivity contribution in [2.24, 2.45) is 0 Å². The number of aryl methyl sites for hydroxylation is 1. The summed E-state index contributed by atoms with van der Waals surface area (Å²) >= 11 is 3.18. The van der Waals surface area contributed by atoms with Crippen molar-refractivity contribution in [3.05, 3.63) is 64.7 Å². The summed E-state index contributed by atoms with van der Waals surface area (Å²) in [4.78, 5) is 14.1. The number of fused-ring (bicyclic) bond motifs is 2. The molecule has 8 heteroatoms. The molecule has 0 bridgehead atoms. The highest BCUT2D eigenvalue weighted by Crippen LogP contribution is 2.33. The number of thiazole rings is 1. The zero-order valence-corrected chi connectivity index (χ0v) is 19.0. The van der Waals surface area contributed by atoms with Crippen molar-refractivity contribution in [3.63, 3.8) is 0 Å². The minimum Gasteiger partial charge on any atom is -0.457 e. The summed E-state index contributed by atoms with van der Waals surface area (Å²) < 4.78 is 13.2. The molecule has 3 heterocycles. The number of ether oxygens (including phenoxy) is 2. The zero-order valence-electron chi connectivity index (χ0n) is 17.4. The maximum Gasteiger partial charge on any atom is 0.151 e. The standard InChI is InChI=1S/C24H18N4O2S2/c1-15-10-16(5-7-21(15)30-17-6-8-22-19(11-17)27-14-31-22)28-24-23-20(25-13-26-24)12-18(32-23)4-3-9-29-2/h5-8,10-14H,9H2,1-2H3,(H,25,26,28). The number of anilines is 2. The Balaban J connectivity index is 1.37. The molecule has 158 valence electrons. The summed E-state index contributed by atoms with van der Waals surface area (Å²) in [6, 6.07) is 13.9. The van der Waals surface area contributed by atoms with Gasteiger partial charge in [0.2, 0.25) is 0 Å². The maximum atomic E-state index is 6.10. The van der Waals surface area contributed by atoms with E-state index in [9.17, 15) is 0 Å². The first-order valence-corrected chi connectivity index (χ1v) is 11.5. The summed E-state index contributed by atoms with van der Waals surface area (Å²) in [5.74, 6) is 8.40. The topological polar surface area (TPSA) is 69.2 Å². The smallest absolute Gasteiger partial charge is 0.151 e. The first kappa shape index (κ1) is 20.4. The van der Waals surface area contributed by atoms with E-state index >= 15 is 0 Å². The maximum absolute atomic E-state index is 6.10. The van der Waals surface area contributed by atoms with Crippen molar-refractivity contribution in [1.82, 2.24) is 15.0 Å². The van der Waals surface area contributed by atoms with Gasteiger partial charge in [-0.05, 0) is 48.9 Å². The van der Waals surface area contributed by atoms with E-state index in [2.05, 4.69) is 32.1 Å². The van der Waals surface area contributed by atoms with Crippen LogP contribution in [0.4, 0.5) is 11.5 Å². The Morgan fingerprint density at radius 2 is 1.97 bits per heavy atom. The van der Waals surface area contributed by atoms with Crippen LogP contribution in [0.5, 0.6) is 11.5 Å². The molecule has 0 radical (unpaired) electrons. The molecule has 0 aliphatic heterocycles. The van der Waals surface area contributed by atoms with Crippen molar-refractivity contribution < 1.29 is 9.47 Å². The summed E-state index contributed by atoms with van der Waals surface area (Å²) in [6.45, 7) is 2.42. The number of methoxy groups -OCH3 is 1. The normalized spacial score (nSPS) is 10.8. The first-order valence-electron chi connectivity index (χ1n) is 9.81. The predicted octanol–water partition coefficient (Wildman–Crippen LogP) is 6.14. The Labute approximate surface area is 192 Å². The summed E-state index contributed by atoms with van der Waals surface area (Å²) in [5, 5.41) is 3.40. The zero-order chi connectivity index (χ0) is 21.9. The Hall–Kier alpha value is -3.51. The molecule has 1 N–H and O–H groups in total. The number of benzene rings is 2. The molecule has 5 aromatic rings. The van der Waals surface area contributed by atoms with Gasteiger partial charge in [0.05, 0.1) is 30.8 Å². The van der Waals surface area contributed by atoms with Gasteiger partial charge in [-0.3, -0.25) is 0 Å². The third-order valence-corrected chi connectivity index (χ3v) is 6.56. The Kier molecular flexibility index (Phi) is 5.69. The van der Waals surface area contributed by atoms with Crippen molar-refractivity contribution >= 4 is 54.6 Å². The highest BCUT2D eigenvalue weighted by Gasteiger charge is 2.10. The molecule has 0 spiro atoms. The minimum absolute atomic E-state index is 0.399. The first-order chi connectivity index (χ1) is 15.7. The highest BCUT2D eigenvalue weighted by molar-refractivity contribution is 7.20. The van der Waals surface area contributed by atoms with Crippen LogP contribution in [0.15, 0.2) is 54.3 Å². The second-order valence-electron chi connectivity index (χ2n) is 6.97. The molecular weight excluding hydrogens is 440 g/mol. The lowest BCUT2D eigenvalue weighted by atomic mass is 10.2. The summed E-state index contributed by atoms with van der Waals surface area (Å²) in [7, 11) is 1.63. The van der Waals surface area contributed by atoms with Crippen LogP contribution in [-0.2, 0) is 4.74 Å². The molecule has 0 fully saturated rings. The van der Waals surface area contributed by atoms with Gasteiger partial charge in [0, 0.05) is 18.9 Å². The second kappa shape index (κ2) is 8.93. The van der Waals surface area contributed by atoms with Gasteiger partial charge in [-0.25, -0.2) is 15.0 Å². The van der Waals surface area contributed by atoms with Gasteiger partial charge in [0.25, 0.3) is 0 Å². The van der Waals surface area contributed by atoms with Crippen LogP contribution in [-0.4, -0.2) is 28.7 Å². The lowest BCUT2D eigenvalue weighted by molar-refractivity contribution is 0.240. The molecule has 6 nitrogen and oxygen atoms in total. The molecule has 2 aromatic carbocycles. The van der Waals surface area contributed by atoms with Crippen LogP contribution < -0.4 is 10.1 Å². The molecule has 3 aromatic heterocycles. The van der Waals surface area contributed by atoms with Crippen molar-refractivity contribution in [1.29, 1.82) is 0 Å². The summed E-state index contributed by atoms with van der Waals surface area (Å²) in [6.07, 6.45) is 1.56. The molecule has 0 saturated carbocycles. The van der Waals surface area contributed by atoms with Gasteiger partial charge in [0.15, 0.2) is 5.82 Å². The molecule has 0 aliphatic carbocycles. The van der Waals surface area contributed by atoms with E-state index in [4.69, 9.17) is 9.47 Å². The third-order valence-electron chi connectivity index (χ3n) is 4.71. The van der Waals surface area contributed by atoms with E-state index in [1.807, 2.05) is 54.9 Å². The van der Waals surface area contributed by atoms with Crippen LogP contribution in [0.25, 0.3) is 20.4 Å². The van der Waals surface area contributed by atoms with Gasteiger partial charge in [-0.1, -0.05) is 11.8 Å². The highest BCUT2D eigenvalue weighted by atomic mass is 32.1. The second-order valence-corrected chi connectivity index (χ2v) is 8.91. The molecule has 32 heavy (non-hydrogen) atoms. The molecule has 5 rings (SSSR count). The number of aromatic nitrogens is 3. The Bertz CT molecular complexity index is 1480. The predicted molar refractivity (Wildman–Crippen MR) is 130 cm³/mol.